The molecule has 2 aromatic rings. The highest BCUT2D eigenvalue weighted by molar-refractivity contribution is 5.82. The van der Waals surface area contributed by atoms with Gasteiger partial charge >= 0.3 is 0 Å². The Morgan fingerprint density at radius 2 is 2.10 bits per heavy atom. The van der Waals surface area contributed by atoms with Crippen LogP contribution in [0, 0.1) is 5.92 Å². The largest absolute Gasteiger partial charge is 0.299 e. The second-order valence-corrected chi connectivity index (χ2v) is 6.11. The lowest BCUT2D eigenvalue weighted by Crippen LogP contribution is -2.24. The van der Waals surface area contributed by atoms with E-state index in [1.165, 1.54) is 11.1 Å². The van der Waals surface area contributed by atoms with Gasteiger partial charge in [0.25, 0.3) is 0 Å². The zero-order chi connectivity index (χ0) is 14.7. The summed E-state index contributed by atoms with van der Waals surface area (Å²) >= 11 is 0. The summed E-state index contributed by atoms with van der Waals surface area (Å²) in [5.41, 5.74) is 2.61. The van der Waals surface area contributed by atoms with Crippen molar-refractivity contribution in [2.75, 3.05) is 0 Å². The second kappa shape index (κ2) is 6.25. The first-order chi connectivity index (χ1) is 10.2. The van der Waals surface area contributed by atoms with Crippen molar-refractivity contribution >= 4 is 5.78 Å². The molecule has 2 unspecified atom stereocenters. The molecule has 110 valence electrons. The lowest BCUT2D eigenvalue weighted by atomic mass is 9.75. The molecule has 3 rings (SSSR count). The van der Waals surface area contributed by atoms with E-state index in [-0.39, 0.29) is 5.92 Å². The van der Waals surface area contributed by atoms with Crippen molar-refractivity contribution in [2.24, 2.45) is 13.0 Å². The molecule has 1 aromatic carbocycles. The average Bonchev–Trinajstić information content (AvgIpc) is 2.93. The summed E-state index contributed by atoms with van der Waals surface area (Å²) in [4.78, 5) is 12.2. The lowest BCUT2D eigenvalue weighted by Gasteiger charge is -2.28. The van der Waals surface area contributed by atoms with Crippen molar-refractivity contribution in [1.82, 2.24) is 9.78 Å². The number of aryl methyl sites for hydroxylation is 2. The minimum atomic E-state index is 0.212. The zero-order valence-electron chi connectivity index (χ0n) is 12.5. The summed E-state index contributed by atoms with van der Waals surface area (Å²) in [5, 5.41) is 4.19. The van der Waals surface area contributed by atoms with E-state index < -0.39 is 0 Å². The first-order valence-corrected chi connectivity index (χ1v) is 7.77. The fraction of sp³-hybridized carbons (Fsp3) is 0.444. The molecule has 0 radical (unpaired) electrons. The summed E-state index contributed by atoms with van der Waals surface area (Å²) < 4.78 is 1.82. The predicted molar refractivity (Wildman–Crippen MR) is 83.1 cm³/mol. The van der Waals surface area contributed by atoms with Gasteiger partial charge in [0.2, 0.25) is 0 Å². The fourth-order valence-corrected chi connectivity index (χ4v) is 3.36. The van der Waals surface area contributed by atoms with Gasteiger partial charge in [0.05, 0.1) is 6.20 Å². The van der Waals surface area contributed by atoms with Crippen molar-refractivity contribution in [3.63, 3.8) is 0 Å². The number of Topliss-reactive ketones (excluding diaryl/α,β-unsaturated/α-hetero) is 1. The minimum Gasteiger partial charge on any atom is -0.299 e. The molecular formula is C18H22N2O. The molecule has 2 atom stereocenters. The first-order valence-electron chi connectivity index (χ1n) is 7.77. The van der Waals surface area contributed by atoms with Gasteiger partial charge in [0.1, 0.15) is 5.78 Å². The van der Waals surface area contributed by atoms with Crippen molar-refractivity contribution in [3.05, 3.63) is 53.9 Å². The van der Waals surface area contributed by atoms with Crippen LogP contribution < -0.4 is 0 Å². The minimum absolute atomic E-state index is 0.212. The summed E-state index contributed by atoms with van der Waals surface area (Å²) in [6.07, 6.45) is 8.59. The van der Waals surface area contributed by atoms with Crippen LogP contribution in [0.4, 0.5) is 0 Å². The number of aromatic nitrogens is 2. The van der Waals surface area contributed by atoms with Crippen molar-refractivity contribution in [2.45, 2.75) is 38.0 Å². The van der Waals surface area contributed by atoms with Crippen LogP contribution in [0.2, 0.25) is 0 Å². The Hall–Kier alpha value is -1.90. The predicted octanol–water partition coefficient (Wildman–Crippen LogP) is 3.51. The normalized spacial score (nSPS) is 22.4. The van der Waals surface area contributed by atoms with Crippen LogP contribution in [0.25, 0.3) is 0 Å². The standard InChI is InChI=1S/C18H22N2O/c1-20-13-14(12-19-20)7-8-17-11-16(9-10-18(17)21)15-5-3-2-4-6-15/h2-6,12-13,16-17H,7-11H2,1H3. The molecule has 0 aliphatic heterocycles. The monoisotopic (exact) mass is 282 g/mol. The number of carbonyl (C=O) groups excluding carboxylic acids is 1. The third kappa shape index (κ3) is 3.41. The number of ketones is 1. The molecule has 3 heteroatoms. The van der Waals surface area contributed by atoms with Crippen LogP contribution in [-0.2, 0) is 18.3 Å². The van der Waals surface area contributed by atoms with Crippen molar-refractivity contribution in [3.8, 4) is 0 Å². The molecule has 1 aliphatic rings. The zero-order valence-corrected chi connectivity index (χ0v) is 12.5. The highest BCUT2D eigenvalue weighted by Crippen LogP contribution is 2.36. The van der Waals surface area contributed by atoms with Gasteiger partial charge in [0, 0.05) is 25.6 Å². The highest BCUT2D eigenvalue weighted by Gasteiger charge is 2.29. The molecule has 1 fully saturated rings. The number of hydrogen-bond donors (Lipinski definition) is 0. The molecule has 0 spiro atoms. The van der Waals surface area contributed by atoms with Gasteiger partial charge in [-0.15, -0.1) is 0 Å². The Balaban J connectivity index is 1.62. The third-order valence-corrected chi connectivity index (χ3v) is 4.57. The second-order valence-electron chi connectivity index (χ2n) is 6.11. The van der Waals surface area contributed by atoms with Gasteiger partial charge in [-0.05, 0) is 42.7 Å². The fourth-order valence-electron chi connectivity index (χ4n) is 3.36. The summed E-state index contributed by atoms with van der Waals surface area (Å²) in [5.74, 6) is 1.21. The van der Waals surface area contributed by atoms with E-state index >= 15 is 0 Å². The molecule has 1 aromatic heterocycles. The van der Waals surface area contributed by atoms with E-state index in [2.05, 4.69) is 35.4 Å². The van der Waals surface area contributed by atoms with E-state index in [0.29, 0.717) is 11.7 Å². The van der Waals surface area contributed by atoms with Gasteiger partial charge in [-0.25, -0.2) is 0 Å². The molecule has 1 aliphatic carbocycles. The number of benzene rings is 1. The van der Waals surface area contributed by atoms with E-state index in [9.17, 15) is 4.79 Å². The van der Waals surface area contributed by atoms with Crippen LogP contribution in [0.15, 0.2) is 42.7 Å². The first kappa shape index (κ1) is 14.1. The van der Waals surface area contributed by atoms with E-state index in [4.69, 9.17) is 0 Å². The number of nitrogens with zero attached hydrogens (tertiary/aromatic N) is 2. The van der Waals surface area contributed by atoms with Crippen LogP contribution in [0.1, 0.15) is 42.7 Å². The topological polar surface area (TPSA) is 34.9 Å². The SMILES string of the molecule is Cn1cc(CCC2CC(c3ccccc3)CCC2=O)cn1. The van der Waals surface area contributed by atoms with Gasteiger partial charge < -0.3 is 0 Å². The maximum atomic E-state index is 12.2. The smallest absolute Gasteiger partial charge is 0.136 e. The van der Waals surface area contributed by atoms with E-state index in [1.807, 2.05) is 24.1 Å². The van der Waals surface area contributed by atoms with Crippen LogP contribution in [0.5, 0.6) is 0 Å². The molecular weight excluding hydrogens is 260 g/mol. The summed E-state index contributed by atoms with van der Waals surface area (Å²) in [7, 11) is 1.93. The molecule has 0 saturated heterocycles. The number of carbonyl (C=O) groups is 1. The lowest BCUT2D eigenvalue weighted by molar-refractivity contribution is -0.125. The molecule has 0 bridgehead atoms. The Kier molecular flexibility index (Phi) is 4.18. The molecule has 0 N–H and O–H groups in total. The van der Waals surface area contributed by atoms with Gasteiger partial charge in [0.15, 0.2) is 0 Å². The molecule has 3 nitrogen and oxygen atoms in total. The van der Waals surface area contributed by atoms with Crippen molar-refractivity contribution < 1.29 is 4.79 Å². The van der Waals surface area contributed by atoms with E-state index in [1.54, 1.807) is 0 Å². The molecule has 1 heterocycles. The van der Waals surface area contributed by atoms with Gasteiger partial charge in [-0.1, -0.05) is 30.3 Å². The van der Waals surface area contributed by atoms with E-state index in [0.717, 1.165) is 32.1 Å². The quantitative estimate of drug-likeness (QED) is 0.860. The Bertz CT molecular complexity index is 603. The maximum absolute atomic E-state index is 12.2. The van der Waals surface area contributed by atoms with Crippen LogP contribution in [-0.4, -0.2) is 15.6 Å². The van der Waals surface area contributed by atoms with Crippen LogP contribution in [0.3, 0.4) is 0 Å². The highest BCUT2D eigenvalue weighted by atomic mass is 16.1. The average molecular weight is 282 g/mol. The summed E-state index contributed by atoms with van der Waals surface area (Å²) in [6, 6.07) is 10.6. The molecule has 1 saturated carbocycles. The Morgan fingerprint density at radius 1 is 1.29 bits per heavy atom. The number of rotatable bonds is 4. The molecule has 21 heavy (non-hydrogen) atoms. The summed E-state index contributed by atoms with van der Waals surface area (Å²) in [6.45, 7) is 0. The number of hydrogen-bond acceptors (Lipinski definition) is 2. The van der Waals surface area contributed by atoms with Crippen LogP contribution >= 0.6 is 0 Å². The Morgan fingerprint density at radius 3 is 2.81 bits per heavy atom. The third-order valence-electron chi connectivity index (χ3n) is 4.57. The maximum Gasteiger partial charge on any atom is 0.136 e. The Labute approximate surface area is 126 Å². The van der Waals surface area contributed by atoms with Gasteiger partial charge in [-0.3, -0.25) is 9.48 Å². The van der Waals surface area contributed by atoms with Gasteiger partial charge in [-0.2, -0.15) is 5.10 Å². The molecule has 0 amide bonds. The van der Waals surface area contributed by atoms with Crippen molar-refractivity contribution in [1.29, 1.82) is 0 Å².